The van der Waals surface area contributed by atoms with E-state index in [1.54, 1.807) is 25.1 Å². The first kappa shape index (κ1) is 14.8. The lowest BCUT2D eigenvalue weighted by Gasteiger charge is -2.32. The molecule has 1 aliphatic heterocycles. The fourth-order valence-electron chi connectivity index (χ4n) is 2.55. The number of nitrogens with one attached hydrogen (secondary N) is 1. The summed E-state index contributed by atoms with van der Waals surface area (Å²) in [6, 6.07) is 5.16. The van der Waals surface area contributed by atoms with E-state index in [4.69, 9.17) is 5.73 Å². The quantitative estimate of drug-likeness (QED) is 0.762. The van der Waals surface area contributed by atoms with Crippen molar-refractivity contribution in [2.45, 2.75) is 25.8 Å². The Hall–Kier alpha value is -1.59. The van der Waals surface area contributed by atoms with E-state index >= 15 is 0 Å². The number of carbonyl (C=O) groups excluding carboxylic acids is 1. The predicted molar refractivity (Wildman–Crippen MR) is 78.8 cm³/mol. The lowest BCUT2D eigenvalue weighted by Crippen LogP contribution is -2.45. The van der Waals surface area contributed by atoms with Gasteiger partial charge in [0.25, 0.3) is 5.91 Å². The fraction of sp³-hybridized carbons (Fsp3) is 0.533. The molecule has 4 N–H and O–H groups in total. The topological polar surface area (TPSA) is 78.6 Å². The molecule has 0 saturated carbocycles. The first-order chi connectivity index (χ1) is 9.60. The Balaban J connectivity index is 1.87. The van der Waals surface area contributed by atoms with Gasteiger partial charge in [-0.05, 0) is 43.5 Å². The molecule has 0 unspecified atom stereocenters. The molecule has 20 heavy (non-hydrogen) atoms. The van der Waals surface area contributed by atoms with Crippen LogP contribution >= 0.6 is 0 Å². The molecule has 0 bridgehead atoms. The van der Waals surface area contributed by atoms with Crippen LogP contribution in [0.5, 0.6) is 5.75 Å². The van der Waals surface area contributed by atoms with Crippen LogP contribution in [0.1, 0.15) is 28.8 Å². The van der Waals surface area contributed by atoms with Gasteiger partial charge in [-0.3, -0.25) is 4.79 Å². The molecule has 1 aromatic carbocycles. The number of likely N-dealkylation sites (tertiary alicyclic amines) is 1. The van der Waals surface area contributed by atoms with Crippen LogP contribution in [0.2, 0.25) is 0 Å². The summed E-state index contributed by atoms with van der Waals surface area (Å²) in [6.07, 6.45) is 1.92. The minimum Gasteiger partial charge on any atom is -0.508 e. The van der Waals surface area contributed by atoms with Crippen LogP contribution < -0.4 is 11.1 Å². The number of piperidine rings is 1. The zero-order valence-corrected chi connectivity index (χ0v) is 11.9. The van der Waals surface area contributed by atoms with Crippen molar-refractivity contribution in [2.75, 3.05) is 26.2 Å². The number of aryl methyl sites for hydroxylation is 1. The van der Waals surface area contributed by atoms with Crippen molar-refractivity contribution in [3.8, 4) is 5.75 Å². The van der Waals surface area contributed by atoms with Crippen LogP contribution in [0.3, 0.4) is 0 Å². The highest BCUT2D eigenvalue weighted by molar-refractivity contribution is 5.94. The van der Waals surface area contributed by atoms with Gasteiger partial charge in [-0.15, -0.1) is 0 Å². The first-order valence-electron chi connectivity index (χ1n) is 7.13. The average Bonchev–Trinajstić information content (AvgIpc) is 2.44. The Morgan fingerprint density at radius 3 is 2.75 bits per heavy atom. The predicted octanol–water partition coefficient (Wildman–Crippen LogP) is 0.854. The number of phenolic OH excluding ortho intramolecular Hbond substituents is 1. The molecule has 1 saturated heterocycles. The standard InChI is InChI=1S/C15H23N3O2/c1-11-10-12(2-3-14(11)19)15(20)17-13-4-7-18(8-5-13)9-6-16/h2-3,10,13,19H,4-9,16H2,1H3,(H,17,20). The fourth-order valence-corrected chi connectivity index (χ4v) is 2.55. The highest BCUT2D eigenvalue weighted by Crippen LogP contribution is 2.17. The second-order valence-electron chi connectivity index (χ2n) is 5.38. The van der Waals surface area contributed by atoms with E-state index in [0.29, 0.717) is 12.1 Å². The number of amides is 1. The van der Waals surface area contributed by atoms with E-state index in [1.165, 1.54) is 0 Å². The summed E-state index contributed by atoms with van der Waals surface area (Å²) in [5.74, 6) is 0.155. The van der Waals surface area contributed by atoms with Crippen molar-refractivity contribution in [1.82, 2.24) is 10.2 Å². The van der Waals surface area contributed by atoms with Gasteiger partial charge >= 0.3 is 0 Å². The SMILES string of the molecule is Cc1cc(C(=O)NC2CCN(CCN)CC2)ccc1O. The summed E-state index contributed by atoms with van der Waals surface area (Å²) in [6.45, 7) is 5.37. The number of rotatable bonds is 4. The summed E-state index contributed by atoms with van der Waals surface area (Å²) < 4.78 is 0. The van der Waals surface area contributed by atoms with Crippen LogP contribution in [0.15, 0.2) is 18.2 Å². The van der Waals surface area contributed by atoms with Crippen LogP contribution in [-0.4, -0.2) is 48.1 Å². The molecule has 0 spiro atoms. The van der Waals surface area contributed by atoms with Gasteiger partial charge in [0.1, 0.15) is 5.75 Å². The Morgan fingerprint density at radius 1 is 1.45 bits per heavy atom. The summed E-state index contributed by atoms with van der Waals surface area (Å²) >= 11 is 0. The van der Waals surface area contributed by atoms with Crippen molar-refractivity contribution in [2.24, 2.45) is 5.73 Å². The van der Waals surface area contributed by atoms with Crippen molar-refractivity contribution in [3.05, 3.63) is 29.3 Å². The van der Waals surface area contributed by atoms with Crippen LogP contribution in [0.25, 0.3) is 0 Å². The molecule has 1 aromatic rings. The summed E-state index contributed by atoms with van der Waals surface area (Å²) in [4.78, 5) is 14.5. The third-order valence-electron chi connectivity index (χ3n) is 3.83. The molecule has 1 aliphatic rings. The van der Waals surface area contributed by atoms with Gasteiger partial charge in [0.15, 0.2) is 0 Å². The molecular weight excluding hydrogens is 254 g/mol. The molecule has 0 atom stereocenters. The first-order valence-corrected chi connectivity index (χ1v) is 7.13. The maximum Gasteiger partial charge on any atom is 0.251 e. The second kappa shape index (κ2) is 6.72. The van der Waals surface area contributed by atoms with E-state index in [9.17, 15) is 9.90 Å². The molecule has 2 rings (SSSR count). The van der Waals surface area contributed by atoms with Crippen LogP contribution in [0.4, 0.5) is 0 Å². The van der Waals surface area contributed by atoms with Crippen molar-refractivity contribution in [3.63, 3.8) is 0 Å². The average molecular weight is 277 g/mol. The maximum absolute atomic E-state index is 12.2. The van der Waals surface area contributed by atoms with Gasteiger partial charge in [0.05, 0.1) is 0 Å². The maximum atomic E-state index is 12.2. The molecule has 1 heterocycles. The molecular formula is C15H23N3O2. The summed E-state index contributed by atoms with van der Waals surface area (Å²) in [5, 5.41) is 12.5. The van der Waals surface area contributed by atoms with Gasteiger partial charge in [-0.2, -0.15) is 0 Å². The van der Waals surface area contributed by atoms with Gasteiger partial charge in [0.2, 0.25) is 0 Å². The molecule has 5 heteroatoms. The smallest absolute Gasteiger partial charge is 0.251 e. The van der Waals surface area contributed by atoms with Gasteiger partial charge < -0.3 is 21.1 Å². The largest absolute Gasteiger partial charge is 0.508 e. The monoisotopic (exact) mass is 277 g/mol. The lowest BCUT2D eigenvalue weighted by molar-refractivity contribution is 0.0912. The third kappa shape index (κ3) is 3.71. The molecule has 0 radical (unpaired) electrons. The third-order valence-corrected chi connectivity index (χ3v) is 3.83. The number of benzene rings is 1. The molecule has 1 amide bonds. The van der Waals surface area contributed by atoms with Crippen molar-refractivity contribution in [1.29, 1.82) is 0 Å². The van der Waals surface area contributed by atoms with Crippen LogP contribution in [-0.2, 0) is 0 Å². The number of hydrogen-bond acceptors (Lipinski definition) is 4. The minimum absolute atomic E-state index is 0.0645. The Kier molecular flexibility index (Phi) is 4.98. The number of carbonyl (C=O) groups is 1. The highest BCUT2D eigenvalue weighted by atomic mass is 16.3. The normalized spacial score (nSPS) is 17.1. The Bertz CT molecular complexity index is 468. The zero-order valence-electron chi connectivity index (χ0n) is 11.9. The minimum atomic E-state index is -0.0645. The van der Waals surface area contributed by atoms with Crippen LogP contribution in [0, 0.1) is 6.92 Å². The number of aromatic hydroxyl groups is 1. The zero-order chi connectivity index (χ0) is 14.5. The molecule has 0 aliphatic carbocycles. The highest BCUT2D eigenvalue weighted by Gasteiger charge is 2.20. The van der Waals surface area contributed by atoms with E-state index in [1.807, 2.05) is 0 Å². The van der Waals surface area contributed by atoms with Crippen molar-refractivity contribution < 1.29 is 9.90 Å². The van der Waals surface area contributed by atoms with Gasteiger partial charge in [0, 0.05) is 37.8 Å². The Morgan fingerprint density at radius 2 is 2.15 bits per heavy atom. The molecule has 1 fully saturated rings. The molecule has 5 nitrogen and oxygen atoms in total. The number of phenols is 1. The number of nitrogens with zero attached hydrogens (tertiary/aromatic N) is 1. The summed E-state index contributed by atoms with van der Waals surface area (Å²) in [7, 11) is 0. The molecule has 110 valence electrons. The second-order valence-corrected chi connectivity index (χ2v) is 5.38. The van der Waals surface area contributed by atoms with E-state index < -0.39 is 0 Å². The van der Waals surface area contributed by atoms with Crippen molar-refractivity contribution >= 4 is 5.91 Å². The molecule has 0 aromatic heterocycles. The lowest BCUT2D eigenvalue weighted by atomic mass is 10.0. The number of hydrogen-bond donors (Lipinski definition) is 3. The van der Waals surface area contributed by atoms with Gasteiger partial charge in [-0.25, -0.2) is 0 Å². The summed E-state index contributed by atoms with van der Waals surface area (Å²) in [5.41, 5.74) is 6.86. The van der Waals surface area contributed by atoms with E-state index in [2.05, 4.69) is 10.2 Å². The van der Waals surface area contributed by atoms with Gasteiger partial charge in [-0.1, -0.05) is 0 Å². The van der Waals surface area contributed by atoms with E-state index in [-0.39, 0.29) is 17.7 Å². The van der Waals surface area contributed by atoms with E-state index in [0.717, 1.165) is 38.0 Å². The Labute approximate surface area is 119 Å². The number of nitrogens with two attached hydrogens (primary N) is 1.